The number of benzene rings is 1. The molecule has 0 aliphatic carbocycles. The standard InChI is InChI=1S/C19H19N3O3/c23-17(21-9-11-25-12-10-21)13-16-18-15(7-4-8-20-18)19(24)22(16)14-5-2-1-3-6-14/h1-8,16H,9-13H2. The number of anilines is 1. The van der Waals surface area contributed by atoms with Crippen molar-refractivity contribution in [2.75, 3.05) is 31.2 Å². The summed E-state index contributed by atoms with van der Waals surface area (Å²) in [4.78, 5) is 33.6. The molecule has 25 heavy (non-hydrogen) atoms. The molecule has 2 amide bonds. The van der Waals surface area contributed by atoms with E-state index in [2.05, 4.69) is 4.98 Å². The molecule has 1 unspecified atom stereocenters. The zero-order chi connectivity index (χ0) is 17.2. The lowest BCUT2D eigenvalue weighted by Crippen LogP contribution is -2.42. The summed E-state index contributed by atoms with van der Waals surface area (Å²) in [5, 5.41) is 0. The second-order valence-corrected chi connectivity index (χ2v) is 6.16. The lowest BCUT2D eigenvalue weighted by molar-refractivity contribution is -0.135. The maximum absolute atomic E-state index is 12.9. The monoisotopic (exact) mass is 337 g/mol. The summed E-state index contributed by atoms with van der Waals surface area (Å²) < 4.78 is 5.31. The summed E-state index contributed by atoms with van der Waals surface area (Å²) in [5.74, 6) is -0.0744. The van der Waals surface area contributed by atoms with Gasteiger partial charge in [0, 0.05) is 25.0 Å². The van der Waals surface area contributed by atoms with E-state index in [4.69, 9.17) is 4.74 Å². The summed E-state index contributed by atoms with van der Waals surface area (Å²) in [5.41, 5.74) is 2.04. The summed E-state index contributed by atoms with van der Waals surface area (Å²) in [6, 6.07) is 12.6. The first-order valence-corrected chi connectivity index (χ1v) is 8.45. The van der Waals surface area contributed by atoms with Gasteiger partial charge in [-0.05, 0) is 24.3 Å². The van der Waals surface area contributed by atoms with Gasteiger partial charge in [-0.2, -0.15) is 0 Å². The Morgan fingerprint density at radius 1 is 1.12 bits per heavy atom. The maximum Gasteiger partial charge on any atom is 0.260 e. The number of para-hydroxylation sites is 1. The Balaban J connectivity index is 1.66. The molecule has 0 spiro atoms. The van der Waals surface area contributed by atoms with Crippen LogP contribution in [0.2, 0.25) is 0 Å². The summed E-state index contributed by atoms with van der Waals surface area (Å²) >= 11 is 0. The van der Waals surface area contributed by atoms with Crippen molar-refractivity contribution in [3.8, 4) is 0 Å². The average molecular weight is 337 g/mol. The molecular weight excluding hydrogens is 318 g/mol. The van der Waals surface area contributed by atoms with E-state index in [-0.39, 0.29) is 24.3 Å². The highest BCUT2D eigenvalue weighted by atomic mass is 16.5. The fraction of sp³-hybridized carbons (Fsp3) is 0.316. The van der Waals surface area contributed by atoms with Crippen LogP contribution in [0.15, 0.2) is 48.7 Å². The fourth-order valence-corrected chi connectivity index (χ4v) is 3.44. The van der Waals surface area contributed by atoms with Crippen molar-refractivity contribution in [2.45, 2.75) is 12.5 Å². The highest BCUT2D eigenvalue weighted by Crippen LogP contribution is 2.38. The van der Waals surface area contributed by atoms with Gasteiger partial charge in [0.25, 0.3) is 5.91 Å². The number of amides is 2. The summed E-state index contributed by atoms with van der Waals surface area (Å²) in [7, 11) is 0. The Bertz CT molecular complexity index is 788. The first kappa shape index (κ1) is 15.8. The van der Waals surface area contributed by atoms with Gasteiger partial charge in [-0.15, -0.1) is 0 Å². The van der Waals surface area contributed by atoms with Crippen LogP contribution in [-0.4, -0.2) is 48.0 Å². The number of carbonyl (C=O) groups is 2. The van der Waals surface area contributed by atoms with Crippen LogP contribution in [0.3, 0.4) is 0 Å². The number of pyridine rings is 1. The first-order chi connectivity index (χ1) is 12.3. The molecule has 128 valence electrons. The van der Waals surface area contributed by atoms with Gasteiger partial charge in [-0.3, -0.25) is 19.5 Å². The van der Waals surface area contributed by atoms with Gasteiger partial charge in [0.1, 0.15) is 0 Å². The van der Waals surface area contributed by atoms with E-state index >= 15 is 0 Å². The number of ether oxygens (including phenoxy) is 1. The molecule has 1 aromatic carbocycles. The first-order valence-electron chi connectivity index (χ1n) is 8.45. The molecule has 2 aromatic rings. The fourth-order valence-electron chi connectivity index (χ4n) is 3.44. The number of morpholine rings is 1. The lowest BCUT2D eigenvalue weighted by Gasteiger charge is -2.30. The van der Waals surface area contributed by atoms with Crippen molar-refractivity contribution < 1.29 is 14.3 Å². The predicted molar refractivity (Wildman–Crippen MR) is 92.2 cm³/mol. The number of hydrogen-bond donors (Lipinski definition) is 0. The van der Waals surface area contributed by atoms with Crippen LogP contribution in [0, 0.1) is 0 Å². The van der Waals surface area contributed by atoms with E-state index in [1.54, 1.807) is 28.1 Å². The van der Waals surface area contributed by atoms with Crippen molar-refractivity contribution >= 4 is 17.5 Å². The largest absolute Gasteiger partial charge is 0.378 e. The van der Waals surface area contributed by atoms with E-state index in [9.17, 15) is 9.59 Å². The van der Waals surface area contributed by atoms with E-state index in [1.165, 1.54) is 0 Å². The van der Waals surface area contributed by atoms with Gasteiger partial charge in [-0.1, -0.05) is 18.2 Å². The minimum atomic E-state index is -0.374. The van der Waals surface area contributed by atoms with Gasteiger partial charge >= 0.3 is 0 Å². The molecular formula is C19H19N3O3. The van der Waals surface area contributed by atoms with Crippen LogP contribution >= 0.6 is 0 Å². The second kappa shape index (κ2) is 6.64. The van der Waals surface area contributed by atoms with Crippen LogP contribution in [0.1, 0.15) is 28.5 Å². The Morgan fingerprint density at radius 2 is 1.88 bits per heavy atom. The SMILES string of the molecule is O=C(CC1c2ncccc2C(=O)N1c1ccccc1)N1CCOCC1. The molecule has 1 fully saturated rings. The van der Waals surface area contributed by atoms with E-state index in [0.29, 0.717) is 37.6 Å². The van der Waals surface area contributed by atoms with Crippen LogP contribution < -0.4 is 4.90 Å². The normalized spacial score (nSPS) is 19.8. The smallest absolute Gasteiger partial charge is 0.260 e. The molecule has 2 aliphatic rings. The molecule has 4 rings (SSSR count). The zero-order valence-electron chi connectivity index (χ0n) is 13.8. The van der Waals surface area contributed by atoms with Crippen molar-refractivity contribution in [1.82, 2.24) is 9.88 Å². The van der Waals surface area contributed by atoms with Crippen molar-refractivity contribution in [1.29, 1.82) is 0 Å². The number of aromatic nitrogens is 1. The molecule has 3 heterocycles. The maximum atomic E-state index is 12.9. The number of hydrogen-bond acceptors (Lipinski definition) is 4. The molecule has 0 saturated carbocycles. The van der Waals surface area contributed by atoms with Crippen LogP contribution in [0.25, 0.3) is 0 Å². The predicted octanol–water partition coefficient (Wildman–Crippen LogP) is 2.03. The van der Waals surface area contributed by atoms with E-state index in [1.807, 2.05) is 30.3 Å². The molecule has 0 N–H and O–H groups in total. The highest BCUT2D eigenvalue weighted by Gasteiger charge is 2.40. The molecule has 1 atom stereocenters. The third-order valence-corrected chi connectivity index (χ3v) is 4.68. The van der Waals surface area contributed by atoms with Gasteiger partial charge < -0.3 is 9.64 Å². The quantitative estimate of drug-likeness (QED) is 0.860. The third kappa shape index (κ3) is 2.89. The minimum Gasteiger partial charge on any atom is -0.378 e. The Kier molecular flexibility index (Phi) is 4.19. The van der Waals surface area contributed by atoms with Crippen molar-refractivity contribution in [2.24, 2.45) is 0 Å². The van der Waals surface area contributed by atoms with Crippen molar-refractivity contribution in [3.63, 3.8) is 0 Å². The second-order valence-electron chi connectivity index (χ2n) is 6.16. The number of rotatable bonds is 3. The Labute approximate surface area is 146 Å². The van der Waals surface area contributed by atoms with Crippen molar-refractivity contribution in [3.05, 3.63) is 59.9 Å². The lowest BCUT2D eigenvalue weighted by atomic mass is 10.1. The van der Waals surface area contributed by atoms with Crippen LogP contribution in [0.5, 0.6) is 0 Å². The molecule has 0 radical (unpaired) electrons. The molecule has 6 nitrogen and oxygen atoms in total. The third-order valence-electron chi connectivity index (χ3n) is 4.68. The van der Waals surface area contributed by atoms with Gasteiger partial charge in [0.05, 0.1) is 36.9 Å². The topological polar surface area (TPSA) is 62.7 Å². The number of nitrogens with zero attached hydrogens (tertiary/aromatic N) is 3. The average Bonchev–Trinajstić information content (AvgIpc) is 2.95. The molecule has 1 aromatic heterocycles. The van der Waals surface area contributed by atoms with Gasteiger partial charge in [-0.25, -0.2) is 0 Å². The van der Waals surface area contributed by atoms with Crippen LogP contribution in [-0.2, 0) is 9.53 Å². The number of carbonyl (C=O) groups excluding carboxylic acids is 2. The molecule has 6 heteroatoms. The Morgan fingerprint density at radius 3 is 2.64 bits per heavy atom. The van der Waals surface area contributed by atoms with E-state index in [0.717, 1.165) is 5.69 Å². The van der Waals surface area contributed by atoms with Crippen LogP contribution in [0.4, 0.5) is 5.69 Å². The van der Waals surface area contributed by atoms with E-state index < -0.39 is 0 Å². The summed E-state index contributed by atoms with van der Waals surface area (Å²) in [6.45, 7) is 2.32. The highest BCUT2D eigenvalue weighted by molar-refractivity contribution is 6.11. The zero-order valence-corrected chi connectivity index (χ0v) is 13.8. The molecule has 2 aliphatic heterocycles. The molecule has 0 bridgehead atoms. The minimum absolute atomic E-state index is 0.0283. The molecule has 1 saturated heterocycles. The van der Waals surface area contributed by atoms with Gasteiger partial charge in [0.2, 0.25) is 5.91 Å². The summed E-state index contributed by atoms with van der Waals surface area (Å²) in [6.07, 6.45) is 1.90. The number of fused-ring (bicyclic) bond motifs is 1. The van der Waals surface area contributed by atoms with Gasteiger partial charge in [0.15, 0.2) is 0 Å². The Hall–Kier alpha value is -2.73.